The molecule has 2 aromatic carbocycles. The molecule has 2 N–H and O–H groups in total. The largest absolute Gasteiger partial charge is 0.497 e. The zero-order valence-electron chi connectivity index (χ0n) is 14.2. The Hall–Kier alpha value is -3.46. The Bertz CT molecular complexity index is 1190. The number of methoxy groups -OCH3 is 1. The lowest BCUT2D eigenvalue weighted by atomic mass is 10.1. The number of nitrogens with one attached hydrogen (secondary N) is 2. The van der Waals surface area contributed by atoms with Crippen LogP contribution in [0.3, 0.4) is 0 Å². The second-order valence-electron chi connectivity index (χ2n) is 5.67. The Kier molecular flexibility index (Phi) is 4.21. The quantitative estimate of drug-likeness (QED) is 0.550. The fourth-order valence-corrected chi connectivity index (χ4v) is 3.59. The van der Waals surface area contributed by atoms with Gasteiger partial charge in [0.2, 0.25) is 0 Å². The number of hydrogen-bond donors (Lipinski definition) is 2. The molecule has 4 aromatic rings. The summed E-state index contributed by atoms with van der Waals surface area (Å²) in [5.41, 5.74) is 2.14. The molecule has 8 nitrogen and oxygen atoms in total. The van der Waals surface area contributed by atoms with E-state index in [1.54, 1.807) is 31.5 Å². The summed E-state index contributed by atoms with van der Waals surface area (Å²) in [6, 6.07) is 15.4. The van der Waals surface area contributed by atoms with E-state index in [0.717, 1.165) is 11.3 Å². The van der Waals surface area contributed by atoms with Crippen molar-refractivity contribution in [3.05, 3.63) is 60.8 Å². The third-order valence-electron chi connectivity index (χ3n) is 3.94. The summed E-state index contributed by atoms with van der Waals surface area (Å²) in [6.07, 6.45) is 1.60. The molecule has 27 heavy (non-hydrogen) atoms. The molecular formula is C18H15N5O3S. The minimum atomic E-state index is -3.78. The molecule has 0 fully saturated rings. The van der Waals surface area contributed by atoms with Crippen molar-refractivity contribution in [3.8, 4) is 17.0 Å². The Morgan fingerprint density at radius 2 is 1.78 bits per heavy atom. The molecule has 0 bridgehead atoms. The van der Waals surface area contributed by atoms with Gasteiger partial charge in [0.05, 0.1) is 23.9 Å². The number of sulfonamides is 1. The van der Waals surface area contributed by atoms with Crippen LogP contribution < -0.4 is 9.46 Å². The van der Waals surface area contributed by atoms with Crippen LogP contribution in [0, 0.1) is 0 Å². The van der Waals surface area contributed by atoms with Crippen LogP contribution in [-0.4, -0.2) is 35.7 Å². The van der Waals surface area contributed by atoms with Gasteiger partial charge in [0, 0.05) is 5.56 Å². The molecule has 0 aliphatic rings. The van der Waals surface area contributed by atoms with Crippen LogP contribution in [0.25, 0.3) is 22.4 Å². The Labute approximate surface area is 155 Å². The third-order valence-corrected chi connectivity index (χ3v) is 5.30. The topological polar surface area (TPSA) is 110 Å². The molecule has 0 aliphatic carbocycles. The van der Waals surface area contributed by atoms with E-state index in [4.69, 9.17) is 4.74 Å². The predicted molar refractivity (Wildman–Crippen MR) is 101 cm³/mol. The first-order valence-electron chi connectivity index (χ1n) is 8.00. The minimum absolute atomic E-state index is 0.0942. The van der Waals surface area contributed by atoms with E-state index >= 15 is 0 Å². The maximum Gasteiger partial charge on any atom is 0.263 e. The number of hydrogen-bond acceptors (Lipinski definition) is 6. The molecule has 2 aromatic heterocycles. The molecule has 0 unspecified atom stereocenters. The number of rotatable bonds is 5. The number of H-pyrrole nitrogens is 1. The smallest absolute Gasteiger partial charge is 0.263 e. The minimum Gasteiger partial charge on any atom is -0.497 e. The standard InChI is InChI=1S/C18H15N5O3S/c1-26-13-9-7-12(8-10-13)15-11-19-17-16(20-15)18(22-21-17)23-27(24,25)14-5-3-2-4-6-14/h2-11H,1H3,(H2,19,21,22,23). The number of nitrogens with zero attached hydrogens (tertiary/aromatic N) is 3. The Morgan fingerprint density at radius 1 is 1.04 bits per heavy atom. The van der Waals surface area contributed by atoms with Gasteiger partial charge in [0.15, 0.2) is 17.0 Å². The van der Waals surface area contributed by atoms with Crippen molar-refractivity contribution >= 4 is 27.0 Å². The molecule has 0 aliphatic heterocycles. The zero-order valence-corrected chi connectivity index (χ0v) is 15.1. The summed E-state index contributed by atoms with van der Waals surface area (Å²) >= 11 is 0. The van der Waals surface area contributed by atoms with Crippen LogP contribution in [0.4, 0.5) is 5.82 Å². The van der Waals surface area contributed by atoms with E-state index in [9.17, 15) is 8.42 Å². The average molecular weight is 381 g/mol. The SMILES string of the molecule is COc1ccc(-c2cnc3[nH]nc(NS(=O)(=O)c4ccccc4)c3n2)cc1. The van der Waals surface area contributed by atoms with Gasteiger partial charge in [0.1, 0.15) is 5.75 Å². The summed E-state index contributed by atoms with van der Waals surface area (Å²) in [6.45, 7) is 0. The highest BCUT2D eigenvalue weighted by Gasteiger charge is 2.18. The van der Waals surface area contributed by atoms with Gasteiger partial charge >= 0.3 is 0 Å². The van der Waals surface area contributed by atoms with Gasteiger partial charge in [-0.1, -0.05) is 18.2 Å². The highest BCUT2D eigenvalue weighted by Crippen LogP contribution is 2.25. The molecule has 0 spiro atoms. The van der Waals surface area contributed by atoms with E-state index in [-0.39, 0.29) is 10.7 Å². The fourth-order valence-electron chi connectivity index (χ4n) is 2.56. The van der Waals surface area contributed by atoms with E-state index in [2.05, 4.69) is 24.9 Å². The van der Waals surface area contributed by atoms with Crippen molar-refractivity contribution in [1.29, 1.82) is 0 Å². The number of ether oxygens (including phenoxy) is 1. The molecule has 0 atom stereocenters. The first-order chi connectivity index (χ1) is 13.1. The number of aromatic nitrogens is 4. The maximum atomic E-state index is 12.5. The molecule has 0 saturated carbocycles. The molecule has 9 heteroatoms. The number of benzene rings is 2. The molecular weight excluding hydrogens is 366 g/mol. The second-order valence-corrected chi connectivity index (χ2v) is 7.35. The van der Waals surface area contributed by atoms with Gasteiger partial charge in [-0.3, -0.25) is 9.82 Å². The van der Waals surface area contributed by atoms with E-state index in [1.807, 2.05) is 24.3 Å². The fraction of sp³-hybridized carbons (Fsp3) is 0.0556. The number of fused-ring (bicyclic) bond motifs is 1. The first-order valence-corrected chi connectivity index (χ1v) is 9.48. The van der Waals surface area contributed by atoms with Crippen LogP contribution >= 0.6 is 0 Å². The molecule has 0 saturated heterocycles. The average Bonchev–Trinajstić information content (AvgIpc) is 3.10. The summed E-state index contributed by atoms with van der Waals surface area (Å²) in [7, 11) is -2.18. The van der Waals surface area contributed by atoms with Crippen molar-refractivity contribution in [1.82, 2.24) is 20.2 Å². The van der Waals surface area contributed by atoms with Crippen molar-refractivity contribution in [2.75, 3.05) is 11.8 Å². The molecule has 0 radical (unpaired) electrons. The number of aromatic amines is 1. The monoisotopic (exact) mass is 381 g/mol. The molecule has 2 heterocycles. The van der Waals surface area contributed by atoms with E-state index in [1.165, 1.54) is 12.1 Å². The van der Waals surface area contributed by atoms with Crippen LogP contribution in [0.15, 0.2) is 65.7 Å². The maximum absolute atomic E-state index is 12.5. The highest BCUT2D eigenvalue weighted by molar-refractivity contribution is 7.92. The predicted octanol–water partition coefficient (Wildman–Crippen LogP) is 2.83. The van der Waals surface area contributed by atoms with Gasteiger partial charge in [-0.05, 0) is 36.4 Å². The first kappa shape index (κ1) is 17.0. The van der Waals surface area contributed by atoms with Gasteiger partial charge in [-0.2, -0.15) is 5.10 Å². The normalized spacial score (nSPS) is 11.4. The molecule has 136 valence electrons. The lowest BCUT2D eigenvalue weighted by Crippen LogP contribution is -2.13. The second kappa shape index (κ2) is 6.69. The van der Waals surface area contributed by atoms with E-state index in [0.29, 0.717) is 16.9 Å². The summed E-state index contributed by atoms with van der Waals surface area (Å²) in [4.78, 5) is 8.93. The third kappa shape index (κ3) is 3.32. The zero-order chi connectivity index (χ0) is 18.9. The molecule has 4 rings (SSSR count). The van der Waals surface area contributed by atoms with Gasteiger partial charge in [0.25, 0.3) is 10.0 Å². The summed E-state index contributed by atoms with van der Waals surface area (Å²) in [5, 5.41) is 6.70. The van der Waals surface area contributed by atoms with Crippen molar-refractivity contribution in [3.63, 3.8) is 0 Å². The lowest BCUT2D eigenvalue weighted by Gasteiger charge is -2.06. The molecule has 0 amide bonds. The summed E-state index contributed by atoms with van der Waals surface area (Å²) < 4.78 is 32.7. The lowest BCUT2D eigenvalue weighted by molar-refractivity contribution is 0.415. The van der Waals surface area contributed by atoms with Crippen LogP contribution in [0.5, 0.6) is 5.75 Å². The van der Waals surface area contributed by atoms with Crippen LogP contribution in [-0.2, 0) is 10.0 Å². The number of anilines is 1. The summed E-state index contributed by atoms with van der Waals surface area (Å²) in [5.74, 6) is 0.823. The van der Waals surface area contributed by atoms with Gasteiger partial charge < -0.3 is 4.74 Å². The highest BCUT2D eigenvalue weighted by atomic mass is 32.2. The Morgan fingerprint density at radius 3 is 2.48 bits per heavy atom. The van der Waals surface area contributed by atoms with Gasteiger partial charge in [-0.25, -0.2) is 18.4 Å². The van der Waals surface area contributed by atoms with Gasteiger partial charge in [-0.15, -0.1) is 0 Å². The van der Waals surface area contributed by atoms with Crippen LogP contribution in [0.2, 0.25) is 0 Å². The Balaban J connectivity index is 1.72. The van der Waals surface area contributed by atoms with Crippen molar-refractivity contribution < 1.29 is 13.2 Å². The van der Waals surface area contributed by atoms with E-state index < -0.39 is 10.0 Å². The van der Waals surface area contributed by atoms with Crippen LogP contribution in [0.1, 0.15) is 0 Å². The van der Waals surface area contributed by atoms with Crippen molar-refractivity contribution in [2.24, 2.45) is 0 Å². The van der Waals surface area contributed by atoms with Crippen molar-refractivity contribution in [2.45, 2.75) is 4.90 Å².